The number of carbonyl (C=O) groups excluding carboxylic acids is 2. The van der Waals surface area contributed by atoms with E-state index in [-0.39, 0.29) is 0 Å². The fourth-order valence-electron chi connectivity index (χ4n) is 3.83. The number of amides is 1. The van der Waals surface area contributed by atoms with Crippen LogP contribution in [-0.4, -0.2) is 24.2 Å². The number of carbonyl (C=O) groups is 2. The maximum atomic E-state index is 12.7. The van der Waals surface area contributed by atoms with Crippen molar-refractivity contribution in [2.45, 2.75) is 19.6 Å². The van der Waals surface area contributed by atoms with Crippen LogP contribution in [0.15, 0.2) is 108 Å². The zero-order valence-corrected chi connectivity index (χ0v) is 23.5. The van der Waals surface area contributed by atoms with Gasteiger partial charge in [-0.1, -0.05) is 72.3 Å². The molecule has 0 spiro atoms. The highest BCUT2D eigenvalue weighted by Crippen LogP contribution is 2.35. The van der Waals surface area contributed by atoms with Crippen molar-refractivity contribution in [3.05, 3.63) is 124 Å². The molecule has 0 radical (unpaired) electrons. The first-order valence-electron chi connectivity index (χ1n) is 12.7. The lowest BCUT2D eigenvalue weighted by Gasteiger charge is -2.13. The molecule has 0 aliphatic carbocycles. The molecule has 1 amide bonds. The van der Waals surface area contributed by atoms with Crippen LogP contribution in [0.1, 0.15) is 27.7 Å². The zero-order chi connectivity index (χ0) is 28.6. The summed E-state index contributed by atoms with van der Waals surface area (Å²) in [5.74, 6) is 0.583. The molecule has 1 aromatic heterocycles. The summed E-state index contributed by atoms with van der Waals surface area (Å²) >= 11 is 7.68. The van der Waals surface area contributed by atoms with Gasteiger partial charge in [-0.3, -0.25) is 4.79 Å². The van der Waals surface area contributed by atoms with Crippen molar-refractivity contribution in [1.29, 1.82) is 0 Å². The highest BCUT2D eigenvalue weighted by molar-refractivity contribution is 7.21. The van der Waals surface area contributed by atoms with Crippen molar-refractivity contribution in [3.63, 3.8) is 0 Å². The number of thiophene rings is 1. The van der Waals surface area contributed by atoms with Gasteiger partial charge >= 0.3 is 5.97 Å². The third-order valence-corrected chi connectivity index (χ3v) is 7.59. The number of hydrogen-bond donors (Lipinski definition) is 1. The average Bonchev–Trinajstić information content (AvgIpc) is 3.34. The Balaban J connectivity index is 1.11. The number of esters is 1. The molecule has 206 valence electrons. The van der Waals surface area contributed by atoms with Crippen LogP contribution < -0.4 is 19.6 Å². The molecule has 41 heavy (non-hydrogen) atoms. The van der Waals surface area contributed by atoms with Gasteiger partial charge in [0.2, 0.25) is 0 Å². The molecule has 4 aromatic carbocycles. The number of rotatable bonds is 10. The summed E-state index contributed by atoms with van der Waals surface area (Å²) in [5, 5.41) is 5.19. The van der Waals surface area contributed by atoms with E-state index < -0.39 is 18.0 Å². The minimum Gasteiger partial charge on any atom is -0.489 e. The maximum Gasteiger partial charge on any atom is 0.355 e. The highest BCUT2D eigenvalue weighted by Gasteiger charge is 2.19. The minimum absolute atomic E-state index is 0.326. The van der Waals surface area contributed by atoms with E-state index in [0.717, 1.165) is 15.6 Å². The molecule has 1 heterocycles. The lowest BCUT2D eigenvalue weighted by Crippen LogP contribution is -2.33. The lowest BCUT2D eigenvalue weighted by molar-refractivity contribution is -0.127. The second kappa shape index (κ2) is 13.1. The first-order valence-corrected chi connectivity index (χ1v) is 13.9. The molecule has 0 aliphatic heterocycles. The number of benzene rings is 4. The molecule has 5 rings (SSSR count). The Hall–Kier alpha value is -4.66. The fourth-order valence-corrected chi connectivity index (χ4v) is 5.22. The number of fused-ring (bicyclic) bond motifs is 1. The van der Waals surface area contributed by atoms with Crippen LogP contribution >= 0.6 is 22.9 Å². The zero-order valence-electron chi connectivity index (χ0n) is 22.0. The van der Waals surface area contributed by atoms with Gasteiger partial charge in [0.25, 0.3) is 5.91 Å². The van der Waals surface area contributed by atoms with Crippen LogP contribution in [0, 0.1) is 0 Å². The number of halogens is 1. The van der Waals surface area contributed by atoms with E-state index in [9.17, 15) is 9.59 Å². The minimum atomic E-state index is -0.790. The molecule has 5 aromatic rings. The molecule has 9 heteroatoms. The van der Waals surface area contributed by atoms with Crippen molar-refractivity contribution >= 4 is 51.1 Å². The highest BCUT2D eigenvalue weighted by atomic mass is 35.5. The van der Waals surface area contributed by atoms with E-state index >= 15 is 0 Å². The SMILES string of the molecule is C[C@H](Oc1ccc(OCc2ccccc2)cc1)C(=O)N/N=C\c1cccc(OC(=O)c2sc3ccccc3c2Cl)c1. The first kappa shape index (κ1) is 27.9. The Labute approximate surface area is 245 Å². The summed E-state index contributed by atoms with van der Waals surface area (Å²) in [6.07, 6.45) is 0.661. The van der Waals surface area contributed by atoms with Crippen LogP contribution in [0.5, 0.6) is 17.2 Å². The van der Waals surface area contributed by atoms with Crippen molar-refractivity contribution < 1.29 is 23.8 Å². The van der Waals surface area contributed by atoms with Gasteiger partial charge in [-0.25, -0.2) is 10.2 Å². The van der Waals surface area contributed by atoms with Gasteiger partial charge in [-0.2, -0.15) is 5.10 Å². The van der Waals surface area contributed by atoms with E-state index in [1.54, 1.807) is 55.5 Å². The number of hydrazone groups is 1. The molecule has 1 N–H and O–H groups in total. The van der Waals surface area contributed by atoms with E-state index in [1.807, 2.05) is 54.6 Å². The number of hydrogen-bond acceptors (Lipinski definition) is 7. The van der Waals surface area contributed by atoms with E-state index in [2.05, 4.69) is 10.5 Å². The monoisotopic (exact) mass is 584 g/mol. The summed E-state index contributed by atoms with van der Waals surface area (Å²) in [6.45, 7) is 2.09. The summed E-state index contributed by atoms with van der Waals surface area (Å²) < 4.78 is 17.9. The molecular formula is C32H25ClN2O5S. The number of nitrogens with zero attached hydrogens (tertiary/aromatic N) is 1. The van der Waals surface area contributed by atoms with Gasteiger partial charge in [0.15, 0.2) is 6.10 Å². The topological polar surface area (TPSA) is 86.2 Å². The van der Waals surface area contributed by atoms with Crippen LogP contribution in [-0.2, 0) is 11.4 Å². The van der Waals surface area contributed by atoms with Gasteiger partial charge in [0, 0.05) is 10.1 Å². The van der Waals surface area contributed by atoms with Gasteiger partial charge in [0.1, 0.15) is 28.7 Å². The molecule has 0 aliphatic rings. The van der Waals surface area contributed by atoms with Crippen molar-refractivity contribution in [1.82, 2.24) is 5.43 Å². The van der Waals surface area contributed by atoms with Crippen LogP contribution in [0.3, 0.4) is 0 Å². The fraction of sp³-hybridized carbons (Fsp3) is 0.0938. The third-order valence-electron chi connectivity index (χ3n) is 5.93. The van der Waals surface area contributed by atoms with Gasteiger partial charge in [0.05, 0.1) is 11.2 Å². The normalized spacial score (nSPS) is 11.8. The number of ether oxygens (including phenoxy) is 3. The van der Waals surface area contributed by atoms with E-state index in [0.29, 0.717) is 39.3 Å². The smallest absolute Gasteiger partial charge is 0.355 e. The molecule has 0 saturated heterocycles. The Bertz CT molecular complexity index is 1690. The second-order valence-electron chi connectivity index (χ2n) is 8.94. The molecule has 7 nitrogen and oxygen atoms in total. The molecule has 0 saturated carbocycles. The molecule has 0 unspecified atom stereocenters. The molecule has 0 bridgehead atoms. The second-order valence-corrected chi connectivity index (χ2v) is 10.4. The van der Waals surface area contributed by atoms with Gasteiger partial charge in [-0.15, -0.1) is 11.3 Å². The number of nitrogens with one attached hydrogen (secondary N) is 1. The summed E-state index contributed by atoms with van der Waals surface area (Å²) in [7, 11) is 0. The van der Waals surface area contributed by atoms with Crippen molar-refractivity contribution in [3.8, 4) is 17.2 Å². The average molecular weight is 585 g/mol. The summed E-state index contributed by atoms with van der Waals surface area (Å²) in [4.78, 5) is 25.6. The van der Waals surface area contributed by atoms with Gasteiger partial charge in [-0.05, 0) is 60.5 Å². The Morgan fingerprint density at radius 3 is 2.41 bits per heavy atom. The lowest BCUT2D eigenvalue weighted by atomic mass is 10.2. The Kier molecular flexibility index (Phi) is 8.93. The summed E-state index contributed by atoms with van der Waals surface area (Å²) in [5.41, 5.74) is 4.16. The standard InChI is InChI=1S/C32H25ClN2O5S/c1-21(39-25-16-14-24(15-17-25)38-20-22-8-3-2-4-9-22)31(36)35-34-19-23-10-7-11-26(18-23)40-32(37)30-29(33)27-12-5-6-13-28(27)41-30/h2-19,21H,20H2,1H3,(H,35,36)/b34-19-/t21-/m0/s1. The van der Waals surface area contributed by atoms with Crippen LogP contribution in [0.2, 0.25) is 5.02 Å². The predicted octanol–water partition coefficient (Wildman–Crippen LogP) is 7.27. The summed E-state index contributed by atoms with van der Waals surface area (Å²) in [6, 6.07) is 31.2. The third kappa shape index (κ3) is 7.30. The van der Waals surface area contributed by atoms with Crippen LogP contribution in [0.4, 0.5) is 0 Å². The Morgan fingerprint density at radius 1 is 0.902 bits per heavy atom. The van der Waals surface area contributed by atoms with Crippen molar-refractivity contribution in [2.24, 2.45) is 5.10 Å². The first-order chi connectivity index (χ1) is 20.0. The quantitative estimate of drug-likeness (QED) is 0.0807. The van der Waals surface area contributed by atoms with Gasteiger partial charge < -0.3 is 14.2 Å². The largest absolute Gasteiger partial charge is 0.489 e. The van der Waals surface area contributed by atoms with Crippen LogP contribution in [0.25, 0.3) is 10.1 Å². The Morgan fingerprint density at radius 2 is 1.63 bits per heavy atom. The van der Waals surface area contributed by atoms with E-state index in [4.69, 9.17) is 25.8 Å². The maximum absolute atomic E-state index is 12.7. The van der Waals surface area contributed by atoms with Crippen molar-refractivity contribution in [2.75, 3.05) is 0 Å². The molecule has 0 fully saturated rings. The molecular weight excluding hydrogens is 560 g/mol. The van der Waals surface area contributed by atoms with E-state index in [1.165, 1.54) is 17.6 Å². The molecule has 1 atom stereocenters. The predicted molar refractivity (Wildman–Crippen MR) is 161 cm³/mol.